The number of hydrogen-bond acceptors (Lipinski definition) is 3. The molecule has 4 atom stereocenters. The SMILES string of the molecule is CC(O)[C@@H]1C[C@@H]2CC(=O)n3c4c(c5ccccc53)CCN(C1)[C@@H]42. The first kappa shape index (κ1) is 13.8. The molecule has 0 amide bonds. The Hall–Kier alpha value is -1.65. The van der Waals surface area contributed by atoms with E-state index in [1.54, 1.807) is 0 Å². The lowest BCUT2D eigenvalue weighted by molar-refractivity contribution is -0.0142. The second-order valence-corrected chi connectivity index (χ2v) is 7.50. The molecule has 4 nitrogen and oxygen atoms in total. The topological polar surface area (TPSA) is 45.5 Å². The second-order valence-electron chi connectivity index (χ2n) is 7.50. The van der Waals surface area contributed by atoms with Gasteiger partial charge in [-0.25, -0.2) is 0 Å². The predicted molar refractivity (Wildman–Crippen MR) is 88.5 cm³/mol. The molecule has 1 N–H and O–H groups in total. The monoisotopic (exact) mass is 310 g/mol. The summed E-state index contributed by atoms with van der Waals surface area (Å²) in [4.78, 5) is 15.4. The Labute approximate surface area is 135 Å². The zero-order valence-electron chi connectivity index (χ0n) is 13.4. The van der Waals surface area contributed by atoms with Crippen molar-refractivity contribution >= 4 is 16.8 Å². The van der Waals surface area contributed by atoms with Gasteiger partial charge in [-0.1, -0.05) is 18.2 Å². The minimum absolute atomic E-state index is 0.233. The van der Waals surface area contributed by atoms with Gasteiger partial charge in [-0.15, -0.1) is 0 Å². The summed E-state index contributed by atoms with van der Waals surface area (Å²) in [5.41, 5.74) is 3.72. The van der Waals surface area contributed by atoms with Crippen LogP contribution in [0.5, 0.6) is 0 Å². The average molecular weight is 310 g/mol. The van der Waals surface area contributed by atoms with Gasteiger partial charge in [0, 0.05) is 30.6 Å². The fourth-order valence-electron chi connectivity index (χ4n) is 5.22. The second kappa shape index (κ2) is 4.68. The molecule has 5 rings (SSSR count). The molecule has 0 aliphatic carbocycles. The molecule has 23 heavy (non-hydrogen) atoms. The van der Waals surface area contributed by atoms with Crippen LogP contribution in [0.3, 0.4) is 0 Å². The summed E-state index contributed by atoms with van der Waals surface area (Å²) in [6.07, 6.45) is 2.28. The molecule has 0 saturated carbocycles. The largest absolute Gasteiger partial charge is 0.393 e. The van der Waals surface area contributed by atoms with Crippen LogP contribution in [0.25, 0.3) is 10.9 Å². The van der Waals surface area contributed by atoms with Gasteiger partial charge in [0.1, 0.15) is 0 Å². The van der Waals surface area contributed by atoms with Gasteiger partial charge in [0.2, 0.25) is 5.91 Å². The molecule has 1 unspecified atom stereocenters. The molecule has 3 aliphatic heterocycles. The van der Waals surface area contributed by atoms with Crippen molar-refractivity contribution in [2.24, 2.45) is 11.8 Å². The Balaban J connectivity index is 1.72. The Morgan fingerprint density at radius 1 is 1.30 bits per heavy atom. The molecule has 0 spiro atoms. The van der Waals surface area contributed by atoms with Crippen LogP contribution in [0.4, 0.5) is 0 Å². The van der Waals surface area contributed by atoms with E-state index in [-0.39, 0.29) is 12.0 Å². The fourth-order valence-corrected chi connectivity index (χ4v) is 5.22. The summed E-state index contributed by atoms with van der Waals surface area (Å²) < 4.78 is 2.00. The van der Waals surface area contributed by atoms with E-state index in [0.717, 1.165) is 31.4 Å². The first-order chi connectivity index (χ1) is 11.1. The quantitative estimate of drug-likeness (QED) is 0.880. The number of fused-ring (bicyclic) bond motifs is 3. The third-order valence-electron chi connectivity index (χ3n) is 6.23. The minimum Gasteiger partial charge on any atom is -0.393 e. The maximum atomic E-state index is 12.9. The number of carbonyl (C=O) groups excluding carboxylic acids is 1. The summed E-state index contributed by atoms with van der Waals surface area (Å²) in [5, 5.41) is 11.3. The molecule has 0 bridgehead atoms. The molecule has 1 aromatic carbocycles. The highest BCUT2D eigenvalue weighted by molar-refractivity contribution is 5.97. The lowest BCUT2D eigenvalue weighted by atomic mass is 9.74. The Bertz CT molecular complexity index is 807. The Morgan fingerprint density at radius 3 is 2.96 bits per heavy atom. The third-order valence-corrected chi connectivity index (χ3v) is 6.23. The number of aromatic nitrogens is 1. The number of piperidine rings is 1. The molecular weight excluding hydrogens is 288 g/mol. The van der Waals surface area contributed by atoms with Gasteiger partial charge >= 0.3 is 0 Å². The van der Waals surface area contributed by atoms with E-state index in [0.29, 0.717) is 24.3 Å². The third kappa shape index (κ3) is 1.76. The number of benzene rings is 1. The van der Waals surface area contributed by atoms with Crippen molar-refractivity contribution in [3.63, 3.8) is 0 Å². The van der Waals surface area contributed by atoms with Crippen LogP contribution in [-0.2, 0) is 6.42 Å². The van der Waals surface area contributed by atoms with E-state index in [1.165, 1.54) is 16.6 Å². The molecule has 4 heteroatoms. The van der Waals surface area contributed by atoms with Crippen molar-refractivity contribution < 1.29 is 9.90 Å². The Kier molecular flexibility index (Phi) is 2.80. The maximum Gasteiger partial charge on any atom is 0.231 e. The molecule has 4 heterocycles. The molecule has 120 valence electrons. The van der Waals surface area contributed by atoms with Crippen LogP contribution in [-0.4, -0.2) is 39.7 Å². The predicted octanol–water partition coefficient (Wildman–Crippen LogP) is 2.60. The van der Waals surface area contributed by atoms with Gasteiger partial charge in [-0.3, -0.25) is 14.3 Å². The Morgan fingerprint density at radius 2 is 2.13 bits per heavy atom. The zero-order chi connectivity index (χ0) is 15.7. The summed E-state index contributed by atoms with van der Waals surface area (Å²) >= 11 is 0. The fraction of sp³-hybridized carbons (Fsp3) is 0.526. The van der Waals surface area contributed by atoms with E-state index >= 15 is 0 Å². The normalized spacial score (nSPS) is 31.2. The number of carbonyl (C=O) groups is 1. The zero-order valence-corrected chi connectivity index (χ0v) is 13.4. The van der Waals surface area contributed by atoms with Crippen LogP contribution >= 0.6 is 0 Å². The van der Waals surface area contributed by atoms with E-state index in [4.69, 9.17) is 0 Å². The van der Waals surface area contributed by atoms with Crippen molar-refractivity contribution in [3.05, 3.63) is 35.5 Å². The van der Waals surface area contributed by atoms with Crippen LogP contribution in [0.2, 0.25) is 0 Å². The smallest absolute Gasteiger partial charge is 0.231 e. The molecule has 0 radical (unpaired) electrons. The molecular formula is C19H22N2O2. The van der Waals surface area contributed by atoms with Crippen molar-refractivity contribution in [1.82, 2.24) is 9.47 Å². The van der Waals surface area contributed by atoms with Crippen LogP contribution in [0.1, 0.15) is 41.9 Å². The van der Waals surface area contributed by atoms with Crippen molar-refractivity contribution in [2.45, 2.75) is 38.3 Å². The van der Waals surface area contributed by atoms with E-state index in [2.05, 4.69) is 23.1 Å². The molecule has 2 aromatic rings. The number of hydrogen-bond donors (Lipinski definition) is 1. The van der Waals surface area contributed by atoms with Crippen LogP contribution < -0.4 is 0 Å². The molecule has 3 aliphatic rings. The maximum absolute atomic E-state index is 12.9. The standard InChI is InChI=1S/C19H22N2O2/c1-11(22)13-8-12-9-17(23)21-16-5-3-2-4-14(16)15-6-7-20(10-13)18(12)19(15)21/h2-5,11-13,18,22H,6-10H2,1H3/t11?,12-,13-,18-/m1/s1. The average Bonchev–Trinajstić information content (AvgIpc) is 2.89. The van der Waals surface area contributed by atoms with Crippen molar-refractivity contribution in [2.75, 3.05) is 13.1 Å². The number of para-hydroxylation sites is 1. The van der Waals surface area contributed by atoms with Gasteiger partial charge < -0.3 is 5.11 Å². The summed E-state index contributed by atoms with van der Waals surface area (Å²) in [7, 11) is 0. The van der Waals surface area contributed by atoms with Gasteiger partial charge in [0.05, 0.1) is 17.7 Å². The van der Waals surface area contributed by atoms with Crippen LogP contribution in [0, 0.1) is 11.8 Å². The van der Waals surface area contributed by atoms with Gasteiger partial charge in [0.15, 0.2) is 0 Å². The first-order valence-corrected chi connectivity index (χ1v) is 8.72. The number of nitrogens with zero attached hydrogens (tertiary/aromatic N) is 2. The summed E-state index contributed by atoms with van der Waals surface area (Å²) in [5.74, 6) is 0.880. The minimum atomic E-state index is -0.291. The summed E-state index contributed by atoms with van der Waals surface area (Å²) in [6, 6.07) is 8.70. The lowest BCUT2D eigenvalue weighted by Crippen LogP contribution is -2.52. The van der Waals surface area contributed by atoms with Crippen molar-refractivity contribution in [1.29, 1.82) is 0 Å². The molecule has 1 aromatic heterocycles. The number of rotatable bonds is 1. The lowest BCUT2D eigenvalue weighted by Gasteiger charge is -2.50. The highest BCUT2D eigenvalue weighted by atomic mass is 16.3. The van der Waals surface area contributed by atoms with Crippen LogP contribution in [0.15, 0.2) is 24.3 Å². The van der Waals surface area contributed by atoms with Crippen molar-refractivity contribution in [3.8, 4) is 0 Å². The first-order valence-electron chi connectivity index (χ1n) is 8.72. The number of aliphatic hydroxyl groups is 1. The highest BCUT2D eigenvalue weighted by Gasteiger charge is 2.47. The highest BCUT2D eigenvalue weighted by Crippen LogP contribution is 2.49. The van der Waals surface area contributed by atoms with Gasteiger partial charge in [-0.05, 0) is 43.2 Å². The van der Waals surface area contributed by atoms with Gasteiger partial charge in [0.25, 0.3) is 0 Å². The van der Waals surface area contributed by atoms with Gasteiger partial charge in [-0.2, -0.15) is 0 Å². The van der Waals surface area contributed by atoms with E-state index in [1.807, 2.05) is 17.6 Å². The summed E-state index contributed by atoms with van der Waals surface area (Å²) in [6.45, 7) is 3.88. The van der Waals surface area contributed by atoms with E-state index in [9.17, 15) is 9.90 Å². The van der Waals surface area contributed by atoms with E-state index < -0.39 is 0 Å². The molecule has 1 saturated heterocycles. The molecule has 1 fully saturated rings. The number of aliphatic hydroxyl groups excluding tert-OH is 1.